The Morgan fingerprint density at radius 2 is 2.04 bits per heavy atom. The van der Waals surface area contributed by atoms with Crippen LogP contribution in [0.15, 0.2) is 29.4 Å². The van der Waals surface area contributed by atoms with Crippen LogP contribution in [0.1, 0.15) is 12.5 Å². The fourth-order valence-electron chi connectivity index (χ4n) is 2.91. The molecule has 2 heterocycles. The van der Waals surface area contributed by atoms with Crippen LogP contribution in [0.2, 0.25) is 0 Å². The molecule has 1 aromatic carbocycles. The Kier molecular flexibility index (Phi) is 3.59. The topological polar surface area (TPSA) is 88.1 Å². The third kappa shape index (κ3) is 2.36. The number of hydrazone groups is 1. The van der Waals surface area contributed by atoms with Crippen LogP contribution in [-0.4, -0.2) is 36.1 Å². The lowest BCUT2D eigenvalue weighted by Crippen LogP contribution is -2.48. The van der Waals surface area contributed by atoms with Crippen LogP contribution in [-0.2, 0) is 25.3 Å². The van der Waals surface area contributed by atoms with E-state index in [0.29, 0.717) is 11.0 Å². The predicted octanol–water partition coefficient (Wildman–Crippen LogP) is 1.09. The zero-order valence-electron chi connectivity index (χ0n) is 13.0. The molecular weight excluding hydrogens is 343 g/mol. The van der Waals surface area contributed by atoms with Crippen molar-refractivity contribution in [2.45, 2.75) is 18.6 Å². The number of anilines is 1. The molecule has 1 saturated heterocycles. The standard InChI is InChI=1S/C15H12F3N3O4/c1-14-9(10(19-20-14)12(23)25-2)11(22)21(13(14)24)8-5-3-4-7(6-8)15(16,17)18/h3-6,9,20H,1-2H3/t9-,14+/m1/s1. The molecule has 10 heteroatoms. The Morgan fingerprint density at radius 3 is 2.64 bits per heavy atom. The molecule has 1 aromatic rings. The Morgan fingerprint density at radius 1 is 1.36 bits per heavy atom. The summed E-state index contributed by atoms with van der Waals surface area (Å²) in [5.41, 5.74) is -0.644. The van der Waals surface area contributed by atoms with Crippen LogP contribution < -0.4 is 10.3 Å². The first-order valence-electron chi connectivity index (χ1n) is 7.10. The summed E-state index contributed by atoms with van der Waals surface area (Å²) in [5, 5.41) is 3.69. The zero-order valence-corrected chi connectivity index (χ0v) is 13.0. The molecule has 0 aromatic heterocycles. The Hall–Kier alpha value is -2.91. The number of halogens is 3. The molecule has 2 atom stereocenters. The van der Waals surface area contributed by atoms with E-state index >= 15 is 0 Å². The number of nitrogens with one attached hydrogen (secondary N) is 1. The van der Waals surface area contributed by atoms with Gasteiger partial charge in [-0.25, -0.2) is 9.69 Å². The van der Waals surface area contributed by atoms with E-state index in [1.165, 1.54) is 13.0 Å². The van der Waals surface area contributed by atoms with Crippen molar-refractivity contribution >= 4 is 29.2 Å². The molecule has 0 radical (unpaired) electrons. The van der Waals surface area contributed by atoms with Crippen molar-refractivity contribution < 1.29 is 32.3 Å². The molecule has 2 amide bonds. The quantitative estimate of drug-likeness (QED) is 0.634. The molecule has 1 fully saturated rings. The largest absolute Gasteiger partial charge is 0.464 e. The van der Waals surface area contributed by atoms with Gasteiger partial charge in [0.2, 0.25) is 5.91 Å². The van der Waals surface area contributed by atoms with Gasteiger partial charge in [-0.3, -0.25) is 15.0 Å². The number of amides is 2. The summed E-state index contributed by atoms with van der Waals surface area (Å²) >= 11 is 0. The van der Waals surface area contributed by atoms with E-state index in [1.54, 1.807) is 0 Å². The number of hydrogen-bond donors (Lipinski definition) is 1. The summed E-state index contributed by atoms with van der Waals surface area (Å²) < 4.78 is 43.2. The minimum atomic E-state index is -4.63. The van der Waals surface area contributed by atoms with E-state index in [0.717, 1.165) is 19.2 Å². The first-order chi connectivity index (χ1) is 11.6. The molecule has 132 valence electrons. The summed E-state index contributed by atoms with van der Waals surface area (Å²) in [5.74, 6) is -3.82. The number of hydrogen-bond acceptors (Lipinski definition) is 6. The maximum Gasteiger partial charge on any atom is 0.416 e. The van der Waals surface area contributed by atoms with Crippen LogP contribution in [0.3, 0.4) is 0 Å². The van der Waals surface area contributed by atoms with Crippen molar-refractivity contribution in [3.63, 3.8) is 0 Å². The van der Waals surface area contributed by atoms with Gasteiger partial charge in [0.1, 0.15) is 11.5 Å². The lowest BCUT2D eigenvalue weighted by Gasteiger charge is -2.20. The minimum Gasteiger partial charge on any atom is -0.464 e. The molecule has 2 aliphatic rings. The lowest BCUT2D eigenvalue weighted by molar-refractivity contribution is -0.137. The Bertz CT molecular complexity index is 820. The maximum absolute atomic E-state index is 12.9. The summed E-state index contributed by atoms with van der Waals surface area (Å²) in [6.07, 6.45) is -4.63. The normalized spacial score (nSPS) is 25.6. The highest BCUT2D eigenvalue weighted by Crippen LogP contribution is 2.39. The summed E-state index contributed by atoms with van der Waals surface area (Å²) in [6, 6.07) is 3.84. The van der Waals surface area contributed by atoms with Crippen LogP contribution in [0, 0.1) is 5.92 Å². The molecule has 7 nitrogen and oxygen atoms in total. The van der Waals surface area contributed by atoms with E-state index < -0.39 is 41.0 Å². The molecule has 0 bridgehead atoms. The number of alkyl halides is 3. The number of imide groups is 1. The molecule has 1 N–H and O–H groups in total. The predicted molar refractivity (Wildman–Crippen MR) is 78.4 cm³/mol. The zero-order chi connectivity index (χ0) is 18.6. The highest BCUT2D eigenvalue weighted by atomic mass is 19.4. The third-order valence-corrected chi connectivity index (χ3v) is 4.20. The second kappa shape index (κ2) is 5.30. The third-order valence-electron chi connectivity index (χ3n) is 4.20. The molecule has 0 spiro atoms. The van der Waals surface area contributed by atoms with E-state index in [1.807, 2.05) is 0 Å². The number of nitrogens with zero attached hydrogens (tertiary/aromatic N) is 2. The van der Waals surface area contributed by atoms with Crippen LogP contribution in [0.4, 0.5) is 18.9 Å². The number of ether oxygens (including phenoxy) is 1. The van der Waals surface area contributed by atoms with E-state index in [4.69, 9.17) is 0 Å². The number of carbonyl (C=O) groups is 3. The van der Waals surface area contributed by atoms with Gasteiger partial charge in [-0.2, -0.15) is 18.3 Å². The van der Waals surface area contributed by atoms with Crippen molar-refractivity contribution in [3.8, 4) is 0 Å². The van der Waals surface area contributed by atoms with E-state index in [9.17, 15) is 27.6 Å². The van der Waals surface area contributed by atoms with Crippen molar-refractivity contribution in [3.05, 3.63) is 29.8 Å². The van der Waals surface area contributed by atoms with Gasteiger partial charge in [0, 0.05) is 0 Å². The molecule has 0 saturated carbocycles. The smallest absolute Gasteiger partial charge is 0.416 e. The van der Waals surface area contributed by atoms with Crippen molar-refractivity contribution in [2.75, 3.05) is 12.0 Å². The van der Waals surface area contributed by atoms with E-state index in [-0.39, 0.29) is 11.4 Å². The number of benzene rings is 1. The Balaban J connectivity index is 2.04. The van der Waals surface area contributed by atoms with Crippen LogP contribution in [0.5, 0.6) is 0 Å². The van der Waals surface area contributed by atoms with Gasteiger partial charge in [0.15, 0.2) is 5.71 Å². The number of methoxy groups -OCH3 is 1. The first kappa shape index (κ1) is 16.9. The van der Waals surface area contributed by atoms with Gasteiger partial charge >= 0.3 is 12.1 Å². The molecule has 2 aliphatic heterocycles. The summed E-state index contributed by atoms with van der Waals surface area (Å²) in [6.45, 7) is 1.35. The lowest BCUT2D eigenvalue weighted by atomic mass is 9.86. The van der Waals surface area contributed by atoms with Crippen LogP contribution in [0.25, 0.3) is 0 Å². The minimum absolute atomic E-state index is 0.230. The van der Waals surface area contributed by atoms with Crippen molar-refractivity contribution in [1.82, 2.24) is 5.43 Å². The molecule has 25 heavy (non-hydrogen) atoms. The fourth-order valence-corrected chi connectivity index (χ4v) is 2.91. The van der Waals surface area contributed by atoms with Gasteiger partial charge in [-0.05, 0) is 25.1 Å². The summed E-state index contributed by atoms with van der Waals surface area (Å²) in [7, 11) is 1.09. The molecular formula is C15H12F3N3O4. The average Bonchev–Trinajstić information content (AvgIpc) is 3.00. The number of rotatable bonds is 2. The first-order valence-corrected chi connectivity index (χ1v) is 7.10. The highest BCUT2D eigenvalue weighted by molar-refractivity contribution is 6.47. The van der Waals surface area contributed by atoms with Gasteiger partial charge in [-0.15, -0.1) is 0 Å². The van der Waals surface area contributed by atoms with Gasteiger partial charge in [0.25, 0.3) is 5.91 Å². The van der Waals surface area contributed by atoms with Gasteiger partial charge in [-0.1, -0.05) is 6.07 Å². The number of esters is 1. The molecule has 0 unspecified atom stereocenters. The van der Waals surface area contributed by atoms with Crippen LogP contribution >= 0.6 is 0 Å². The fraction of sp³-hybridized carbons (Fsp3) is 0.333. The second-order valence-corrected chi connectivity index (χ2v) is 5.76. The highest BCUT2D eigenvalue weighted by Gasteiger charge is 2.63. The monoisotopic (exact) mass is 355 g/mol. The molecule has 3 rings (SSSR count). The second-order valence-electron chi connectivity index (χ2n) is 5.76. The Labute approximate surface area is 139 Å². The number of carbonyl (C=O) groups excluding carboxylic acids is 3. The van der Waals surface area contributed by atoms with Gasteiger partial charge < -0.3 is 4.74 Å². The van der Waals surface area contributed by atoms with Crippen molar-refractivity contribution in [1.29, 1.82) is 0 Å². The van der Waals surface area contributed by atoms with Gasteiger partial charge in [0.05, 0.1) is 18.4 Å². The number of fused-ring (bicyclic) bond motifs is 1. The molecule has 0 aliphatic carbocycles. The van der Waals surface area contributed by atoms with E-state index in [2.05, 4.69) is 15.3 Å². The SMILES string of the molecule is COC(=O)C1=NN[C@]2(C)C(=O)N(c3cccc(C(F)(F)F)c3)C(=O)[C@@H]12. The summed E-state index contributed by atoms with van der Waals surface area (Å²) in [4.78, 5) is 37.7. The maximum atomic E-state index is 12.9. The van der Waals surface area contributed by atoms with Crippen molar-refractivity contribution in [2.24, 2.45) is 11.0 Å². The average molecular weight is 355 g/mol.